The largest absolute Gasteiger partial charge is 0.226 e. The number of thioether (sulfide) groups is 1. The van der Waals surface area contributed by atoms with Crippen molar-refractivity contribution in [2.75, 3.05) is 0 Å². The van der Waals surface area contributed by atoms with Gasteiger partial charge in [-0.3, -0.25) is 0 Å². The molecule has 0 aromatic carbocycles. The van der Waals surface area contributed by atoms with E-state index in [0.717, 1.165) is 29.6 Å². The molecule has 1 saturated carbocycles. The quantitative estimate of drug-likeness (QED) is 0.746. The molecule has 1 aromatic rings. The van der Waals surface area contributed by atoms with E-state index in [9.17, 15) is 0 Å². The van der Waals surface area contributed by atoms with E-state index in [0.29, 0.717) is 10.4 Å². The Kier molecular flexibility index (Phi) is 5.31. The van der Waals surface area contributed by atoms with Crippen molar-refractivity contribution in [1.82, 2.24) is 9.97 Å². The minimum absolute atomic E-state index is 0.583. The van der Waals surface area contributed by atoms with Gasteiger partial charge in [0, 0.05) is 17.7 Å². The Labute approximate surface area is 119 Å². The van der Waals surface area contributed by atoms with E-state index in [1.165, 1.54) is 25.7 Å². The summed E-state index contributed by atoms with van der Waals surface area (Å²) in [6.45, 7) is 4.49. The highest BCUT2D eigenvalue weighted by atomic mass is 35.5. The Hall–Kier alpha value is -0.280. The number of hydrogen-bond donors (Lipinski definition) is 0. The summed E-state index contributed by atoms with van der Waals surface area (Å²) in [7, 11) is 0. The molecule has 1 aromatic heterocycles. The molecular weight excluding hydrogens is 264 g/mol. The Bertz CT molecular complexity index is 397. The summed E-state index contributed by atoms with van der Waals surface area (Å²) >= 11 is 7.95. The van der Waals surface area contributed by atoms with Crippen LogP contribution in [0.2, 0.25) is 5.15 Å². The molecule has 100 valence electrons. The molecule has 4 heteroatoms. The third-order valence-corrected chi connectivity index (χ3v) is 4.77. The van der Waals surface area contributed by atoms with Crippen molar-refractivity contribution in [2.24, 2.45) is 5.92 Å². The van der Waals surface area contributed by atoms with Gasteiger partial charge in [0.1, 0.15) is 16.0 Å². The topological polar surface area (TPSA) is 25.8 Å². The van der Waals surface area contributed by atoms with Crippen molar-refractivity contribution in [3.8, 4) is 0 Å². The van der Waals surface area contributed by atoms with Gasteiger partial charge in [0.05, 0.1) is 0 Å². The van der Waals surface area contributed by atoms with Crippen LogP contribution in [0, 0.1) is 5.92 Å². The maximum absolute atomic E-state index is 6.07. The highest BCUT2D eigenvalue weighted by Crippen LogP contribution is 2.35. The lowest BCUT2D eigenvalue weighted by Gasteiger charge is -2.25. The standard InChI is InChI=1S/C14H21ClN2S/c1-3-5-13-16-12(15)9-14(17-13)18-11-7-4-6-10(2)8-11/h9-11H,3-8H2,1-2H3. The average Bonchev–Trinajstić information content (AvgIpc) is 2.28. The van der Waals surface area contributed by atoms with Crippen LogP contribution in [0.5, 0.6) is 0 Å². The summed E-state index contributed by atoms with van der Waals surface area (Å²) in [5, 5.41) is 2.34. The molecule has 0 N–H and O–H groups in total. The van der Waals surface area contributed by atoms with Crippen LogP contribution in [0.4, 0.5) is 0 Å². The molecule has 2 atom stereocenters. The maximum Gasteiger partial charge on any atom is 0.133 e. The SMILES string of the molecule is CCCc1nc(Cl)cc(SC2CCCC(C)C2)n1. The Morgan fingerprint density at radius 3 is 2.94 bits per heavy atom. The van der Waals surface area contributed by atoms with Crippen LogP contribution >= 0.6 is 23.4 Å². The molecular formula is C14H21ClN2S. The molecule has 2 unspecified atom stereocenters. The highest BCUT2D eigenvalue weighted by Gasteiger charge is 2.20. The van der Waals surface area contributed by atoms with Crippen LogP contribution in [0.25, 0.3) is 0 Å². The van der Waals surface area contributed by atoms with Crippen molar-refractivity contribution in [3.63, 3.8) is 0 Å². The lowest BCUT2D eigenvalue weighted by Crippen LogP contribution is -2.15. The number of hydrogen-bond acceptors (Lipinski definition) is 3. The lowest BCUT2D eigenvalue weighted by molar-refractivity contribution is 0.394. The van der Waals surface area contributed by atoms with Gasteiger partial charge in [-0.2, -0.15) is 0 Å². The van der Waals surface area contributed by atoms with Crippen molar-refractivity contribution >= 4 is 23.4 Å². The van der Waals surface area contributed by atoms with E-state index < -0.39 is 0 Å². The van der Waals surface area contributed by atoms with Gasteiger partial charge in [0.2, 0.25) is 0 Å². The van der Waals surface area contributed by atoms with Crippen LogP contribution < -0.4 is 0 Å². The molecule has 1 aliphatic carbocycles. The zero-order valence-electron chi connectivity index (χ0n) is 11.2. The second kappa shape index (κ2) is 6.76. The minimum atomic E-state index is 0.583. The van der Waals surface area contributed by atoms with Crippen molar-refractivity contribution in [1.29, 1.82) is 0 Å². The fourth-order valence-corrected chi connectivity index (χ4v) is 4.15. The third kappa shape index (κ3) is 4.13. The third-order valence-electron chi connectivity index (χ3n) is 3.37. The number of rotatable bonds is 4. The average molecular weight is 285 g/mol. The van der Waals surface area contributed by atoms with E-state index in [-0.39, 0.29) is 0 Å². The van der Waals surface area contributed by atoms with Crippen LogP contribution in [-0.4, -0.2) is 15.2 Å². The predicted molar refractivity (Wildman–Crippen MR) is 78.3 cm³/mol. The van der Waals surface area contributed by atoms with E-state index >= 15 is 0 Å². The molecule has 1 heterocycles. The summed E-state index contributed by atoms with van der Waals surface area (Å²) in [6, 6.07) is 1.91. The van der Waals surface area contributed by atoms with E-state index in [1.807, 2.05) is 17.8 Å². The first-order chi connectivity index (χ1) is 8.67. The predicted octanol–water partition coefficient (Wildman–Crippen LogP) is 4.75. The second-order valence-corrected chi connectivity index (χ2v) is 6.91. The fourth-order valence-electron chi connectivity index (χ4n) is 2.49. The van der Waals surface area contributed by atoms with Gasteiger partial charge >= 0.3 is 0 Å². The molecule has 2 nitrogen and oxygen atoms in total. The molecule has 0 saturated heterocycles. The van der Waals surface area contributed by atoms with Crippen LogP contribution in [0.3, 0.4) is 0 Å². The smallest absolute Gasteiger partial charge is 0.133 e. The Morgan fingerprint density at radius 2 is 2.22 bits per heavy atom. The van der Waals surface area contributed by atoms with Crippen molar-refractivity contribution in [3.05, 3.63) is 17.0 Å². The highest BCUT2D eigenvalue weighted by molar-refractivity contribution is 7.99. The number of halogens is 1. The monoisotopic (exact) mass is 284 g/mol. The van der Waals surface area contributed by atoms with Crippen molar-refractivity contribution < 1.29 is 0 Å². The maximum atomic E-state index is 6.07. The molecule has 1 aliphatic rings. The first-order valence-electron chi connectivity index (χ1n) is 6.87. The van der Waals surface area contributed by atoms with Gasteiger partial charge in [-0.25, -0.2) is 9.97 Å². The van der Waals surface area contributed by atoms with Gasteiger partial charge in [-0.15, -0.1) is 11.8 Å². The Morgan fingerprint density at radius 1 is 1.39 bits per heavy atom. The molecule has 18 heavy (non-hydrogen) atoms. The molecule has 0 bridgehead atoms. The molecule has 0 spiro atoms. The van der Waals surface area contributed by atoms with Gasteiger partial charge < -0.3 is 0 Å². The minimum Gasteiger partial charge on any atom is -0.226 e. The van der Waals surface area contributed by atoms with Gasteiger partial charge in [0.15, 0.2) is 0 Å². The lowest BCUT2D eigenvalue weighted by atomic mass is 9.91. The Balaban J connectivity index is 2.03. The number of nitrogens with zero attached hydrogens (tertiary/aromatic N) is 2. The summed E-state index contributed by atoms with van der Waals surface area (Å²) in [6.07, 6.45) is 7.30. The van der Waals surface area contributed by atoms with Crippen LogP contribution in [-0.2, 0) is 6.42 Å². The van der Waals surface area contributed by atoms with Crippen molar-refractivity contribution in [2.45, 2.75) is 62.6 Å². The zero-order valence-corrected chi connectivity index (χ0v) is 12.7. The molecule has 2 rings (SSSR count). The van der Waals surface area contributed by atoms with E-state index in [1.54, 1.807) is 0 Å². The van der Waals surface area contributed by atoms with Crippen LogP contribution in [0.15, 0.2) is 11.1 Å². The zero-order chi connectivity index (χ0) is 13.0. The van der Waals surface area contributed by atoms with Gasteiger partial charge in [-0.1, -0.05) is 38.3 Å². The molecule has 0 radical (unpaired) electrons. The molecule has 1 fully saturated rings. The van der Waals surface area contributed by atoms with E-state index in [2.05, 4.69) is 23.8 Å². The second-order valence-electron chi connectivity index (χ2n) is 5.21. The summed E-state index contributed by atoms with van der Waals surface area (Å²) < 4.78 is 0. The first-order valence-corrected chi connectivity index (χ1v) is 8.13. The molecule has 0 aliphatic heterocycles. The first kappa shape index (κ1) is 14.1. The summed E-state index contributed by atoms with van der Waals surface area (Å²) in [5.74, 6) is 1.74. The van der Waals surface area contributed by atoms with Crippen LogP contribution in [0.1, 0.15) is 51.8 Å². The summed E-state index contributed by atoms with van der Waals surface area (Å²) in [5.41, 5.74) is 0. The summed E-state index contributed by atoms with van der Waals surface area (Å²) in [4.78, 5) is 8.88. The number of aryl methyl sites for hydroxylation is 1. The normalized spacial score (nSPS) is 24.2. The molecule has 0 amide bonds. The van der Waals surface area contributed by atoms with Gasteiger partial charge in [-0.05, 0) is 25.2 Å². The van der Waals surface area contributed by atoms with Gasteiger partial charge in [0.25, 0.3) is 0 Å². The number of aromatic nitrogens is 2. The fraction of sp³-hybridized carbons (Fsp3) is 0.714. The van der Waals surface area contributed by atoms with E-state index in [4.69, 9.17) is 11.6 Å².